The molecule has 2 aromatic rings. The van der Waals surface area contributed by atoms with E-state index in [1.807, 2.05) is 6.07 Å². The average molecular weight is 656 g/mol. The third-order valence-electron chi connectivity index (χ3n) is 6.30. The molecule has 0 saturated carbocycles. The molecule has 1 saturated heterocycles. The molecular weight excluding hydrogens is 617 g/mol. The number of para-hydroxylation sites is 1. The summed E-state index contributed by atoms with van der Waals surface area (Å²) in [6.07, 6.45) is -3.01. The van der Waals surface area contributed by atoms with E-state index in [1.54, 1.807) is 58.9 Å². The van der Waals surface area contributed by atoms with Crippen molar-refractivity contribution in [2.45, 2.75) is 84.5 Å². The fourth-order valence-electron chi connectivity index (χ4n) is 4.27. The van der Waals surface area contributed by atoms with E-state index in [2.05, 4.69) is 10.1 Å². The SMILES string of the molecule is CCC(=O)O[C@@H]1[C@@H](COP(O)(=S)NC(C)=C(Oc2ccccc2)OC(C)C)O[C@@H](n2ccc(=O)[nH]c2=O)[C@]1(C)OC(=O)CC. The molecular formula is C28H38N3O11PS. The Bertz CT molecular complexity index is 1510. The number of esters is 2. The predicted octanol–water partition coefficient (Wildman–Crippen LogP) is 2.98. The number of H-pyrrole nitrogens is 1. The molecule has 0 spiro atoms. The van der Waals surface area contributed by atoms with E-state index in [1.165, 1.54) is 13.1 Å². The molecule has 1 aliphatic heterocycles. The maximum absolute atomic E-state index is 12.7. The Morgan fingerprint density at radius 3 is 2.41 bits per heavy atom. The summed E-state index contributed by atoms with van der Waals surface area (Å²) < 4.78 is 35.8. The molecule has 0 aliphatic carbocycles. The van der Waals surface area contributed by atoms with Gasteiger partial charge in [-0.1, -0.05) is 32.0 Å². The summed E-state index contributed by atoms with van der Waals surface area (Å²) in [5.74, 6) is -0.767. The topological polar surface area (TPSA) is 177 Å². The van der Waals surface area contributed by atoms with Gasteiger partial charge in [-0.3, -0.25) is 23.9 Å². The van der Waals surface area contributed by atoms with Gasteiger partial charge in [0.25, 0.3) is 12.2 Å². The zero-order valence-corrected chi connectivity index (χ0v) is 27.0. The molecule has 242 valence electrons. The quantitative estimate of drug-likeness (QED) is 0.154. The van der Waals surface area contributed by atoms with Gasteiger partial charge in [0.2, 0.25) is 0 Å². The number of hydrogen-bond donors (Lipinski definition) is 3. The van der Waals surface area contributed by atoms with Crippen molar-refractivity contribution in [3.8, 4) is 5.75 Å². The van der Waals surface area contributed by atoms with Crippen molar-refractivity contribution < 1.29 is 42.7 Å². The number of benzene rings is 1. The van der Waals surface area contributed by atoms with Crippen molar-refractivity contribution in [2.75, 3.05) is 6.61 Å². The van der Waals surface area contributed by atoms with Crippen LogP contribution in [0.4, 0.5) is 0 Å². The highest BCUT2D eigenvalue weighted by Crippen LogP contribution is 2.46. The van der Waals surface area contributed by atoms with E-state index >= 15 is 0 Å². The normalized spacial score (nSPS) is 23.3. The second-order valence-corrected chi connectivity index (χ2v) is 13.2. The number of ether oxygens (including phenoxy) is 5. The molecule has 1 unspecified atom stereocenters. The minimum absolute atomic E-state index is 0.0191. The van der Waals surface area contributed by atoms with Crippen LogP contribution in [-0.4, -0.2) is 56.9 Å². The second-order valence-electron chi connectivity index (χ2n) is 10.2. The molecule has 14 nitrogen and oxygen atoms in total. The van der Waals surface area contributed by atoms with Gasteiger partial charge >= 0.3 is 23.6 Å². The van der Waals surface area contributed by atoms with E-state index < -0.39 is 60.5 Å². The van der Waals surface area contributed by atoms with Crippen LogP contribution in [-0.2, 0) is 44.9 Å². The van der Waals surface area contributed by atoms with Gasteiger partial charge in [0.05, 0.1) is 18.4 Å². The monoisotopic (exact) mass is 655 g/mol. The number of nitrogens with one attached hydrogen (secondary N) is 2. The summed E-state index contributed by atoms with van der Waals surface area (Å²) in [5.41, 5.74) is -3.02. The first-order valence-electron chi connectivity index (χ1n) is 13.9. The summed E-state index contributed by atoms with van der Waals surface area (Å²) in [4.78, 5) is 62.7. The predicted molar refractivity (Wildman–Crippen MR) is 162 cm³/mol. The lowest BCUT2D eigenvalue weighted by Gasteiger charge is -2.34. The molecule has 0 amide bonds. The number of carbonyl (C=O) groups is 2. The fourth-order valence-corrected chi connectivity index (χ4v) is 5.79. The van der Waals surface area contributed by atoms with Gasteiger partial charge in [0.15, 0.2) is 17.9 Å². The number of aromatic nitrogens is 2. The molecule has 1 aliphatic rings. The second kappa shape index (κ2) is 15.0. The summed E-state index contributed by atoms with van der Waals surface area (Å²) in [7, 11) is 0. The molecule has 3 rings (SSSR count). The number of aromatic amines is 1. The van der Waals surface area contributed by atoms with E-state index in [4.69, 9.17) is 40.0 Å². The third-order valence-corrected chi connectivity index (χ3v) is 8.00. The Hall–Kier alpha value is -3.49. The van der Waals surface area contributed by atoms with E-state index in [-0.39, 0.29) is 30.6 Å². The Balaban J connectivity index is 1.92. The van der Waals surface area contributed by atoms with Gasteiger partial charge in [-0.25, -0.2) is 4.79 Å². The first-order valence-corrected chi connectivity index (χ1v) is 16.6. The first-order chi connectivity index (χ1) is 20.7. The molecule has 0 radical (unpaired) electrons. The maximum Gasteiger partial charge on any atom is 0.330 e. The third kappa shape index (κ3) is 9.02. The van der Waals surface area contributed by atoms with E-state index in [9.17, 15) is 24.1 Å². The Labute approximate surface area is 259 Å². The first kappa shape index (κ1) is 35.0. The lowest BCUT2D eigenvalue weighted by Crippen LogP contribution is -2.51. The zero-order chi connectivity index (χ0) is 32.7. The minimum Gasteiger partial charge on any atom is -0.461 e. The van der Waals surface area contributed by atoms with Gasteiger partial charge in [0.1, 0.15) is 11.9 Å². The van der Waals surface area contributed by atoms with Crippen molar-refractivity contribution in [1.29, 1.82) is 0 Å². The lowest BCUT2D eigenvalue weighted by molar-refractivity contribution is -0.187. The average Bonchev–Trinajstić information content (AvgIpc) is 3.21. The van der Waals surface area contributed by atoms with E-state index in [0.29, 0.717) is 5.75 Å². The Kier molecular flexibility index (Phi) is 11.9. The van der Waals surface area contributed by atoms with Crippen LogP contribution in [0.25, 0.3) is 0 Å². The molecule has 44 heavy (non-hydrogen) atoms. The highest BCUT2D eigenvalue weighted by molar-refractivity contribution is 8.08. The molecule has 2 heterocycles. The Morgan fingerprint density at radius 2 is 1.82 bits per heavy atom. The highest BCUT2D eigenvalue weighted by atomic mass is 32.5. The number of hydrogen-bond acceptors (Lipinski definition) is 11. The Morgan fingerprint density at radius 1 is 1.16 bits per heavy atom. The van der Waals surface area contributed by atoms with Gasteiger partial charge in [0, 0.05) is 25.1 Å². The summed E-state index contributed by atoms with van der Waals surface area (Å²) in [5, 5.41) is 2.74. The molecule has 1 aromatic heterocycles. The standard InChI is InChI=1S/C28H38N3O11PS/c1-7-22(33)41-24-20(40-26(28(24,6)42-23(34)8-2)31-15-14-21(32)29-27(31)35)16-37-43(36,44)30-18(5)25(38-17(3)4)39-19-12-10-9-11-13-19/h9-15,17,20,24,26H,7-8,16H2,1-6H3,(H,29,32,35)(H2,30,36,44)/t20-,24-,26-,28-,43?/m1/s1. The van der Waals surface area contributed by atoms with Crippen LogP contribution in [0.2, 0.25) is 0 Å². The minimum atomic E-state index is -3.83. The molecule has 16 heteroatoms. The maximum atomic E-state index is 12.7. The van der Waals surface area contributed by atoms with Crippen LogP contribution in [0.1, 0.15) is 60.6 Å². The lowest BCUT2D eigenvalue weighted by atomic mass is 9.95. The van der Waals surface area contributed by atoms with Gasteiger partial charge < -0.3 is 38.2 Å². The summed E-state index contributed by atoms with van der Waals surface area (Å²) >= 11 is 5.35. The zero-order valence-electron chi connectivity index (χ0n) is 25.3. The molecule has 5 atom stereocenters. The number of carbonyl (C=O) groups excluding carboxylic acids is 2. The molecule has 1 aromatic carbocycles. The van der Waals surface area contributed by atoms with Crippen LogP contribution < -0.4 is 21.1 Å². The smallest absolute Gasteiger partial charge is 0.330 e. The van der Waals surface area contributed by atoms with Crippen LogP contribution in [0.15, 0.2) is 63.8 Å². The van der Waals surface area contributed by atoms with Gasteiger partial charge in [-0.05, 0) is 51.6 Å². The molecule has 0 bridgehead atoms. The molecule has 1 fully saturated rings. The van der Waals surface area contributed by atoms with Crippen molar-refractivity contribution in [1.82, 2.24) is 14.6 Å². The summed E-state index contributed by atoms with van der Waals surface area (Å²) in [6.45, 7) is 5.47. The van der Waals surface area contributed by atoms with Crippen LogP contribution >= 0.6 is 6.64 Å². The van der Waals surface area contributed by atoms with Crippen molar-refractivity contribution >= 4 is 30.4 Å². The highest BCUT2D eigenvalue weighted by Gasteiger charge is 2.60. The number of allylic oxidation sites excluding steroid dienone is 1. The van der Waals surface area contributed by atoms with Crippen LogP contribution in [0, 0.1) is 0 Å². The van der Waals surface area contributed by atoms with E-state index in [0.717, 1.165) is 10.6 Å². The fraction of sp³-hybridized carbons (Fsp3) is 0.500. The number of rotatable bonds is 14. The largest absolute Gasteiger partial charge is 0.461 e. The van der Waals surface area contributed by atoms with Gasteiger partial charge in [-0.2, -0.15) is 0 Å². The van der Waals surface area contributed by atoms with Gasteiger partial charge in [-0.15, -0.1) is 0 Å². The van der Waals surface area contributed by atoms with Crippen molar-refractivity contribution in [2.24, 2.45) is 0 Å². The summed E-state index contributed by atoms with van der Waals surface area (Å²) in [6, 6.07) is 9.94. The molecule has 3 N–H and O–H groups in total. The van der Waals surface area contributed by atoms with Crippen LogP contribution in [0.5, 0.6) is 5.75 Å². The van der Waals surface area contributed by atoms with Crippen molar-refractivity contribution in [3.63, 3.8) is 0 Å². The van der Waals surface area contributed by atoms with Crippen molar-refractivity contribution in [3.05, 3.63) is 75.1 Å². The van der Waals surface area contributed by atoms with Crippen LogP contribution in [0.3, 0.4) is 0 Å². The number of nitrogens with zero attached hydrogens (tertiary/aromatic N) is 1.